The van der Waals surface area contributed by atoms with E-state index in [0.717, 1.165) is 12.8 Å². The van der Waals surface area contributed by atoms with Crippen molar-refractivity contribution in [1.29, 1.82) is 5.26 Å². The van der Waals surface area contributed by atoms with Crippen LogP contribution in [0.25, 0.3) is 11.1 Å². The van der Waals surface area contributed by atoms with Crippen molar-refractivity contribution >= 4 is 17.5 Å². The Hall–Kier alpha value is -4.19. The molecule has 1 aromatic carbocycles. The average Bonchev–Trinajstić information content (AvgIpc) is 3.67. The molecule has 5 rings (SSSR count). The normalized spacial score (nSPS) is 19.1. The molecule has 2 aromatic heterocycles. The van der Waals surface area contributed by atoms with Crippen molar-refractivity contribution in [2.24, 2.45) is 11.3 Å². The van der Waals surface area contributed by atoms with Crippen molar-refractivity contribution in [2.45, 2.75) is 39.7 Å². The first kappa shape index (κ1) is 24.5. The highest BCUT2D eigenvalue weighted by Gasteiger charge is 2.56. The number of hydrogen-bond acceptors (Lipinski definition) is 5. The molecule has 3 aromatic rings. The predicted octanol–water partition coefficient (Wildman–Crippen LogP) is 4.63. The third kappa shape index (κ3) is 4.67. The van der Waals surface area contributed by atoms with E-state index in [4.69, 9.17) is 0 Å². The SMILES string of the molecule is Cc1cc(N2CC[C@@](C#N)(C3CC3)C2=O)cc(C(=O)NCc2cc(F)cc(-c3cnc(F)c(C)c3)c2)n1. The third-order valence-electron chi connectivity index (χ3n) is 7.07. The van der Waals surface area contributed by atoms with E-state index in [1.54, 1.807) is 43.0 Å². The van der Waals surface area contributed by atoms with Gasteiger partial charge in [0.2, 0.25) is 11.9 Å². The molecule has 0 unspecified atom stereocenters. The second-order valence-electron chi connectivity index (χ2n) is 9.78. The molecule has 1 saturated heterocycles. The summed E-state index contributed by atoms with van der Waals surface area (Å²) in [5.41, 5.74) is 2.17. The Bertz CT molecular complexity index is 1460. The topological polar surface area (TPSA) is 99.0 Å². The number of nitriles is 1. The number of aryl methyl sites for hydroxylation is 2. The Morgan fingerprint density at radius 2 is 1.95 bits per heavy atom. The quantitative estimate of drug-likeness (QED) is 0.497. The van der Waals surface area contributed by atoms with Crippen LogP contribution < -0.4 is 10.2 Å². The fourth-order valence-electron chi connectivity index (χ4n) is 4.96. The van der Waals surface area contributed by atoms with Crippen LogP contribution in [-0.2, 0) is 11.3 Å². The van der Waals surface area contributed by atoms with Gasteiger partial charge in [0.1, 0.15) is 16.9 Å². The van der Waals surface area contributed by atoms with Crippen LogP contribution in [0.15, 0.2) is 42.6 Å². The molecule has 37 heavy (non-hydrogen) atoms. The molecule has 1 N–H and O–H groups in total. The summed E-state index contributed by atoms with van der Waals surface area (Å²) in [4.78, 5) is 35.7. The van der Waals surface area contributed by atoms with E-state index in [1.807, 2.05) is 0 Å². The Morgan fingerprint density at radius 1 is 1.16 bits per heavy atom. The molecule has 7 nitrogen and oxygen atoms in total. The summed E-state index contributed by atoms with van der Waals surface area (Å²) >= 11 is 0. The van der Waals surface area contributed by atoms with Crippen LogP contribution in [0.1, 0.15) is 46.6 Å². The lowest BCUT2D eigenvalue weighted by Crippen LogP contribution is -2.35. The van der Waals surface area contributed by atoms with Crippen molar-refractivity contribution in [3.8, 4) is 17.2 Å². The van der Waals surface area contributed by atoms with E-state index in [0.29, 0.717) is 46.6 Å². The minimum absolute atomic E-state index is 0.0318. The number of benzene rings is 1. The number of halogens is 2. The Kier molecular flexibility index (Phi) is 6.20. The molecule has 2 amide bonds. The maximum atomic E-state index is 14.3. The highest BCUT2D eigenvalue weighted by Crippen LogP contribution is 2.51. The molecule has 1 saturated carbocycles. The van der Waals surface area contributed by atoms with E-state index in [-0.39, 0.29) is 24.1 Å². The van der Waals surface area contributed by atoms with Gasteiger partial charge in [0.15, 0.2) is 0 Å². The standard InChI is InChI=1S/C28H25F2N5O2/c1-16-7-20(14-32-25(16)30)19-9-18(10-22(29)11-19)13-33-26(36)24-12-23(8-17(2)34-24)35-6-5-28(15-31,27(35)37)21-3-4-21/h7-12,14,21H,3-6,13H2,1-2H3,(H,33,36)/t28-/m1/s1. The molecule has 9 heteroatoms. The summed E-state index contributed by atoms with van der Waals surface area (Å²) in [5.74, 6) is -1.67. The second-order valence-corrected chi connectivity index (χ2v) is 9.78. The number of nitrogens with zero attached hydrogens (tertiary/aromatic N) is 4. The van der Waals surface area contributed by atoms with Gasteiger partial charge in [-0.1, -0.05) is 0 Å². The van der Waals surface area contributed by atoms with Crippen LogP contribution in [0, 0.1) is 48.3 Å². The van der Waals surface area contributed by atoms with Gasteiger partial charge in [0, 0.05) is 41.8 Å². The zero-order valence-electron chi connectivity index (χ0n) is 20.5. The maximum absolute atomic E-state index is 14.3. The molecule has 0 spiro atoms. The third-order valence-corrected chi connectivity index (χ3v) is 7.07. The lowest BCUT2D eigenvalue weighted by atomic mass is 9.83. The van der Waals surface area contributed by atoms with Crippen molar-refractivity contribution in [3.05, 3.63) is 76.9 Å². The summed E-state index contributed by atoms with van der Waals surface area (Å²) in [5, 5.41) is 12.5. The van der Waals surface area contributed by atoms with Crippen molar-refractivity contribution in [2.75, 3.05) is 11.4 Å². The van der Waals surface area contributed by atoms with Gasteiger partial charge in [0.05, 0.1) is 6.07 Å². The van der Waals surface area contributed by atoms with E-state index >= 15 is 0 Å². The molecule has 1 atom stereocenters. The maximum Gasteiger partial charge on any atom is 0.270 e. The molecule has 0 radical (unpaired) electrons. The minimum Gasteiger partial charge on any atom is -0.347 e. The van der Waals surface area contributed by atoms with Gasteiger partial charge in [-0.25, -0.2) is 14.4 Å². The van der Waals surface area contributed by atoms with Gasteiger partial charge in [-0.15, -0.1) is 0 Å². The molecule has 3 heterocycles. The highest BCUT2D eigenvalue weighted by molar-refractivity contribution is 6.03. The van der Waals surface area contributed by atoms with Crippen LogP contribution in [0.4, 0.5) is 14.5 Å². The van der Waals surface area contributed by atoms with Crippen LogP contribution in [-0.4, -0.2) is 28.3 Å². The summed E-state index contributed by atoms with van der Waals surface area (Å²) in [6, 6.07) is 11.5. The first-order valence-electron chi connectivity index (χ1n) is 12.1. The largest absolute Gasteiger partial charge is 0.347 e. The number of carbonyl (C=O) groups is 2. The number of rotatable bonds is 6. The number of aromatic nitrogens is 2. The Balaban J connectivity index is 1.33. The van der Waals surface area contributed by atoms with Gasteiger partial charge >= 0.3 is 0 Å². The molecular formula is C28H25F2N5O2. The van der Waals surface area contributed by atoms with E-state index in [9.17, 15) is 23.6 Å². The van der Waals surface area contributed by atoms with Crippen LogP contribution >= 0.6 is 0 Å². The van der Waals surface area contributed by atoms with Gasteiger partial charge in [-0.3, -0.25) is 9.59 Å². The fraction of sp³-hybridized carbons (Fsp3) is 0.321. The van der Waals surface area contributed by atoms with E-state index in [1.165, 1.54) is 18.3 Å². The van der Waals surface area contributed by atoms with Crippen LogP contribution in [0.5, 0.6) is 0 Å². The van der Waals surface area contributed by atoms with Gasteiger partial charge in [-0.05, 0) is 86.6 Å². The van der Waals surface area contributed by atoms with Gasteiger partial charge in [-0.2, -0.15) is 9.65 Å². The van der Waals surface area contributed by atoms with Gasteiger partial charge in [0.25, 0.3) is 5.91 Å². The van der Waals surface area contributed by atoms with Crippen molar-refractivity contribution < 1.29 is 18.4 Å². The smallest absolute Gasteiger partial charge is 0.270 e. The molecule has 2 fully saturated rings. The monoisotopic (exact) mass is 501 g/mol. The number of carbonyl (C=O) groups excluding carboxylic acids is 2. The van der Waals surface area contributed by atoms with E-state index < -0.39 is 23.1 Å². The average molecular weight is 502 g/mol. The van der Waals surface area contributed by atoms with E-state index in [2.05, 4.69) is 21.4 Å². The summed E-state index contributed by atoms with van der Waals surface area (Å²) < 4.78 is 27.9. The second kappa shape index (κ2) is 9.36. The Morgan fingerprint density at radius 3 is 2.65 bits per heavy atom. The lowest BCUT2D eigenvalue weighted by molar-refractivity contribution is -0.123. The molecule has 188 valence electrons. The highest BCUT2D eigenvalue weighted by atomic mass is 19.1. The molecule has 2 aliphatic rings. The number of hydrogen-bond donors (Lipinski definition) is 1. The zero-order valence-corrected chi connectivity index (χ0v) is 20.5. The number of anilines is 1. The van der Waals surface area contributed by atoms with Crippen LogP contribution in [0.2, 0.25) is 0 Å². The zero-order chi connectivity index (χ0) is 26.3. The van der Waals surface area contributed by atoms with Gasteiger partial charge < -0.3 is 10.2 Å². The lowest BCUT2D eigenvalue weighted by Gasteiger charge is -2.21. The molecule has 0 bridgehead atoms. The molecule has 1 aliphatic carbocycles. The number of pyridine rings is 2. The van der Waals surface area contributed by atoms with Crippen LogP contribution in [0.3, 0.4) is 0 Å². The first-order chi connectivity index (χ1) is 17.7. The number of nitrogens with one attached hydrogen (secondary N) is 1. The number of amides is 2. The van der Waals surface area contributed by atoms with Crippen molar-refractivity contribution in [1.82, 2.24) is 15.3 Å². The first-order valence-corrected chi connectivity index (χ1v) is 12.1. The summed E-state index contributed by atoms with van der Waals surface area (Å²) in [7, 11) is 0. The summed E-state index contributed by atoms with van der Waals surface area (Å²) in [6.07, 6.45) is 3.58. The predicted molar refractivity (Wildman–Crippen MR) is 132 cm³/mol. The Labute approximate surface area is 213 Å². The molecular weight excluding hydrogens is 476 g/mol. The summed E-state index contributed by atoms with van der Waals surface area (Å²) in [6.45, 7) is 3.76. The minimum atomic E-state index is -0.979. The van der Waals surface area contributed by atoms with Crippen molar-refractivity contribution in [3.63, 3.8) is 0 Å². The molecule has 1 aliphatic heterocycles. The fourth-order valence-corrected chi connectivity index (χ4v) is 4.96.